The van der Waals surface area contributed by atoms with E-state index in [9.17, 15) is 0 Å². The van der Waals surface area contributed by atoms with E-state index in [1.54, 1.807) is 7.11 Å². The first kappa shape index (κ1) is 15.5. The summed E-state index contributed by atoms with van der Waals surface area (Å²) in [6, 6.07) is 6.03. The minimum atomic E-state index is 0.672. The third-order valence-electron chi connectivity index (χ3n) is 3.77. The Morgan fingerprint density at radius 3 is 2.95 bits per heavy atom. The van der Waals surface area contributed by atoms with Gasteiger partial charge in [0.15, 0.2) is 0 Å². The fourth-order valence-corrected chi connectivity index (χ4v) is 2.85. The molecule has 0 bridgehead atoms. The number of methoxy groups -OCH3 is 1. The minimum Gasteiger partial charge on any atom is -0.495 e. The average molecular weight is 297 g/mol. The number of nitrogens with one attached hydrogen (secondary N) is 1. The maximum Gasteiger partial charge on any atom is 0.139 e. The Hall–Kier alpha value is -0.930. The fourth-order valence-electron chi connectivity index (χ4n) is 2.66. The topological polar surface area (TPSA) is 24.5 Å². The standard InChI is InChI=1S/C16H25ClN2O/c1-12(2)9-18-10-13-6-7-19(11-13)14-4-5-15(17)16(8-14)20-3/h4-5,8,12-13,18H,6-7,9-11H2,1-3H3. The highest BCUT2D eigenvalue weighted by molar-refractivity contribution is 6.32. The minimum absolute atomic E-state index is 0.672. The number of rotatable bonds is 6. The molecule has 1 heterocycles. The van der Waals surface area contributed by atoms with Crippen molar-refractivity contribution in [2.75, 3.05) is 38.2 Å². The van der Waals surface area contributed by atoms with E-state index in [2.05, 4.69) is 30.1 Å². The van der Waals surface area contributed by atoms with E-state index < -0.39 is 0 Å². The molecule has 3 nitrogen and oxygen atoms in total. The second-order valence-electron chi connectivity index (χ2n) is 5.97. The Morgan fingerprint density at radius 1 is 1.45 bits per heavy atom. The Morgan fingerprint density at radius 2 is 2.25 bits per heavy atom. The van der Waals surface area contributed by atoms with Crippen molar-refractivity contribution in [2.24, 2.45) is 11.8 Å². The Kier molecular flexibility index (Phi) is 5.55. The molecule has 0 aromatic heterocycles. The molecule has 0 saturated carbocycles. The number of benzene rings is 1. The van der Waals surface area contributed by atoms with Crippen LogP contribution in [0.2, 0.25) is 5.02 Å². The lowest BCUT2D eigenvalue weighted by atomic mass is 10.1. The van der Waals surface area contributed by atoms with Gasteiger partial charge in [-0.05, 0) is 43.5 Å². The molecule has 0 amide bonds. The number of hydrogen-bond donors (Lipinski definition) is 1. The van der Waals surface area contributed by atoms with E-state index in [4.69, 9.17) is 16.3 Å². The van der Waals surface area contributed by atoms with Gasteiger partial charge in [0, 0.05) is 24.8 Å². The van der Waals surface area contributed by atoms with Crippen LogP contribution in [0, 0.1) is 11.8 Å². The summed E-state index contributed by atoms with van der Waals surface area (Å²) >= 11 is 6.08. The van der Waals surface area contributed by atoms with Crippen LogP contribution in [0.3, 0.4) is 0 Å². The zero-order valence-corrected chi connectivity index (χ0v) is 13.4. The summed E-state index contributed by atoms with van der Waals surface area (Å²) in [6.07, 6.45) is 1.25. The highest BCUT2D eigenvalue weighted by Crippen LogP contribution is 2.31. The third kappa shape index (κ3) is 4.03. The molecule has 1 aliphatic heterocycles. The van der Waals surface area contributed by atoms with Crippen molar-refractivity contribution in [1.82, 2.24) is 5.32 Å². The van der Waals surface area contributed by atoms with Gasteiger partial charge in [-0.1, -0.05) is 25.4 Å². The maximum atomic E-state index is 6.08. The molecule has 1 N–H and O–H groups in total. The maximum absolute atomic E-state index is 6.08. The quantitative estimate of drug-likeness (QED) is 0.870. The molecule has 0 spiro atoms. The van der Waals surface area contributed by atoms with Crippen molar-refractivity contribution >= 4 is 17.3 Å². The van der Waals surface area contributed by atoms with Gasteiger partial charge in [0.2, 0.25) is 0 Å². The van der Waals surface area contributed by atoms with Crippen LogP contribution in [0.15, 0.2) is 18.2 Å². The zero-order valence-electron chi connectivity index (χ0n) is 12.7. The summed E-state index contributed by atoms with van der Waals surface area (Å²) in [4.78, 5) is 2.42. The molecule has 0 aliphatic carbocycles. The van der Waals surface area contributed by atoms with E-state index in [0.717, 1.165) is 37.8 Å². The summed E-state index contributed by atoms with van der Waals surface area (Å²) in [7, 11) is 1.66. The molecule has 4 heteroatoms. The lowest BCUT2D eigenvalue weighted by Gasteiger charge is -2.20. The molecular formula is C16H25ClN2O. The first-order valence-corrected chi connectivity index (χ1v) is 7.77. The molecule has 1 aromatic rings. The van der Waals surface area contributed by atoms with E-state index in [-0.39, 0.29) is 0 Å². The first-order valence-electron chi connectivity index (χ1n) is 7.39. The highest BCUT2D eigenvalue weighted by atomic mass is 35.5. The van der Waals surface area contributed by atoms with Crippen LogP contribution < -0.4 is 15.0 Å². The SMILES string of the molecule is COc1cc(N2CCC(CNCC(C)C)C2)ccc1Cl. The van der Waals surface area contributed by atoms with Crippen molar-refractivity contribution in [2.45, 2.75) is 20.3 Å². The van der Waals surface area contributed by atoms with Crippen molar-refractivity contribution in [3.8, 4) is 5.75 Å². The van der Waals surface area contributed by atoms with E-state index in [1.807, 2.05) is 12.1 Å². The van der Waals surface area contributed by atoms with Crippen molar-refractivity contribution in [1.29, 1.82) is 0 Å². The Balaban J connectivity index is 1.89. The molecule has 1 aromatic carbocycles. The predicted molar refractivity (Wildman–Crippen MR) is 86.0 cm³/mol. The number of hydrogen-bond acceptors (Lipinski definition) is 3. The molecule has 20 heavy (non-hydrogen) atoms. The monoisotopic (exact) mass is 296 g/mol. The molecule has 1 unspecified atom stereocenters. The smallest absolute Gasteiger partial charge is 0.139 e. The van der Waals surface area contributed by atoms with Crippen LogP contribution in [-0.2, 0) is 0 Å². The largest absolute Gasteiger partial charge is 0.495 e. The second-order valence-corrected chi connectivity index (χ2v) is 6.38. The van der Waals surface area contributed by atoms with Gasteiger partial charge in [-0.25, -0.2) is 0 Å². The summed E-state index contributed by atoms with van der Waals surface area (Å²) in [5.41, 5.74) is 1.21. The zero-order chi connectivity index (χ0) is 14.5. The molecule has 1 atom stereocenters. The van der Waals surface area contributed by atoms with Crippen molar-refractivity contribution in [3.63, 3.8) is 0 Å². The summed E-state index contributed by atoms with van der Waals surface area (Å²) < 4.78 is 5.29. The molecule has 112 valence electrons. The van der Waals surface area contributed by atoms with E-state index in [1.165, 1.54) is 12.1 Å². The summed E-state index contributed by atoms with van der Waals surface area (Å²) in [6.45, 7) is 8.92. The predicted octanol–water partition coefficient (Wildman–Crippen LogP) is 3.42. The van der Waals surface area contributed by atoms with Gasteiger partial charge in [0.25, 0.3) is 0 Å². The average Bonchev–Trinajstić information content (AvgIpc) is 2.87. The Labute approximate surface area is 127 Å². The van der Waals surface area contributed by atoms with Gasteiger partial charge in [0.1, 0.15) is 5.75 Å². The number of nitrogens with zero attached hydrogens (tertiary/aromatic N) is 1. The fraction of sp³-hybridized carbons (Fsp3) is 0.625. The third-order valence-corrected chi connectivity index (χ3v) is 4.08. The van der Waals surface area contributed by atoms with E-state index in [0.29, 0.717) is 10.9 Å². The van der Waals surface area contributed by atoms with Crippen LogP contribution >= 0.6 is 11.6 Å². The normalized spacial score (nSPS) is 18.9. The molecule has 1 saturated heterocycles. The van der Waals surface area contributed by atoms with Gasteiger partial charge >= 0.3 is 0 Å². The van der Waals surface area contributed by atoms with Crippen LogP contribution in [-0.4, -0.2) is 33.3 Å². The second kappa shape index (κ2) is 7.19. The van der Waals surface area contributed by atoms with Gasteiger partial charge < -0.3 is 15.0 Å². The Bertz CT molecular complexity index is 436. The summed E-state index contributed by atoms with van der Waals surface area (Å²) in [5.74, 6) is 2.20. The molecular weight excluding hydrogens is 272 g/mol. The van der Waals surface area contributed by atoms with Gasteiger partial charge in [-0.3, -0.25) is 0 Å². The molecule has 0 radical (unpaired) electrons. The van der Waals surface area contributed by atoms with E-state index >= 15 is 0 Å². The molecule has 1 aliphatic rings. The van der Waals surface area contributed by atoms with Crippen LogP contribution in [0.25, 0.3) is 0 Å². The van der Waals surface area contributed by atoms with Crippen molar-refractivity contribution in [3.05, 3.63) is 23.2 Å². The lowest BCUT2D eigenvalue weighted by molar-refractivity contribution is 0.415. The number of anilines is 1. The summed E-state index contributed by atoms with van der Waals surface area (Å²) in [5, 5.41) is 4.23. The van der Waals surface area contributed by atoms with Crippen molar-refractivity contribution < 1.29 is 4.74 Å². The van der Waals surface area contributed by atoms with Crippen LogP contribution in [0.1, 0.15) is 20.3 Å². The van der Waals surface area contributed by atoms with Crippen LogP contribution in [0.4, 0.5) is 5.69 Å². The molecule has 2 rings (SSSR count). The van der Waals surface area contributed by atoms with Gasteiger partial charge in [-0.15, -0.1) is 0 Å². The van der Waals surface area contributed by atoms with Gasteiger partial charge in [-0.2, -0.15) is 0 Å². The first-order chi connectivity index (χ1) is 9.60. The van der Waals surface area contributed by atoms with Gasteiger partial charge in [0.05, 0.1) is 12.1 Å². The number of halogens is 1. The number of ether oxygens (including phenoxy) is 1. The van der Waals surface area contributed by atoms with Crippen LogP contribution in [0.5, 0.6) is 5.75 Å². The lowest BCUT2D eigenvalue weighted by Crippen LogP contribution is -2.28. The highest BCUT2D eigenvalue weighted by Gasteiger charge is 2.22. The molecule has 1 fully saturated rings.